The Kier molecular flexibility index (Phi) is 5.01. The van der Waals surface area contributed by atoms with Gasteiger partial charge in [0.25, 0.3) is 0 Å². The maximum atomic E-state index is 13.4. The van der Waals surface area contributed by atoms with E-state index in [1.165, 1.54) is 0 Å². The number of aliphatic hydroxyl groups is 1. The molecule has 1 aromatic carbocycles. The van der Waals surface area contributed by atoms with E-state index in [0.29, 0.717) is 24.2 Å². The van der Waals surface area contributed by atoms with Crippen molar-refractivity contribution in [1.82, 2.24) is 5.32 Å². The van der Waals surface area contributed by atoms with Gasteiger partial charge in [0.15, 0.2) is 0 Å². The first-order chi connectivity index (χ1) is 13.6. The molecular weight excluding hydrogens is 366 g/mol. The minimum absolute atomic E-state index is 0.0248. The summed E-state index contributed by atoms with van der Waals surface area (Å²) in [5.74, 6) is 0.599. The lowest BCUT2D eigenvalue weighted by molar-refractivity contribution is -0.148. The second-order valence-corrected chi connectivity index (χ2v) is 10.4. The summed E-state index contributed by atoms with van der Waals surface area (Å²) in [5, 5.41) is 23.1. The van der Waals surface area contributed by atoms with Crippen molar-refractivity contribution >= 4 is 11.9 Å². The molecule has 5 nitrogen and oxygen atoms in total. The van der Waals surface area contributed by atoms with Crippen molar-refractivity contribution in [2.45, 2.75) is 82.8 Å². The smallest absolute Gasteiger partial charge is 0.303 e. The van der Waals surface area contributed by atoms with Gasteiger partial charge >= 0.3 is 5.97 Å². The Morgan fingerprint density at radius 3 is 2.38 bits per heavy atom. The number of rotatable bonds is 6. The first kappa shape index (κ1) is 20.4. The summed E-state index contributed by atoms with van der Waals surface area (Å²) >= 11 is 0. The van der Waals surface area contributed by atoms with Gasteiger partial charge in [0.2, 0.25) is 5.91 Å². The van der Waals surface area contributed by atoms with E-state index in [0.717, 1.165) is 48.8 Å². The molecule has 0 aliphatic heterocycles. The average Bonchev–Trinajstić information content (AvgIpc) is 2.61. The molecular formula is C24H33NO4. The van der Waals surface area contributed by atoms with Gasteiger partial charge in [-0.1, -0.05) is 23.8 Å². The molecule has 5 heteroatoms. The molecule has 4 aliphatic carbocycles. The van der Waals surface area contributed by atoms with E-state index in [2.05, 4.69) is 5.32 Å². The molecule has 5 rings (SSSR count). The average molecular weight is 400 g/mol. The molecule has 4 fully saturated rings. The maximum absolute atomic E-state index is 13.4. The maximum Gasteiger partial charge on any atom is 0.303 e. The third-order valence-corrected chi connectivity index (χ3v) is 7.59. The van der Waals surface area contributed by atoms with Crippen LogP contribution in [0.25, 0.3) is 0 Å². The van der Waals surface area contributed by atoms with Crippen molar-refractivity contribution in [2.75, 3.05) is 0 Å². The van der Waals surface area contributed by atoms with Gasteiger partial charge in [-0.3, -0.25) is 9.59 Å². The lowest BCUT2D eigenvalue weighted by atomic mass is 9.52. The predicted octanol–water partition coefficient (Wildman–Crippen LogP) is 3.35. The zero-order valence-electron chi connectivity index (χ0n) is 17.7. The SMILES string of the molecule is Cc1cc(CCC(=O)O)cc(C(C)(C)C(=O)NC2[C@@H]3CC4C[C@H]2CC(O)(C4)C3)c1. The minimum Gasteiger partial charge on any atom is -0.481 e. The van der Waals surface area contributed by atoms with Crippen molar-refractivity contribution in [1.29, 1.82) is 0 Å². The van der Waals surface area contributed by atoms with Crippen LogP contribution < -0.4 is 5.32 Å². The van der Waals surface area contributed by atoms with E-state index in [1.54, 1.807) is 0 Å². The van der Waals surface area contributed by atoms with Crippen LogP contribution in [0.5, 0.6) is 0 Å². The number of carbonyl (C=O) groups is 2. The fraction of sp³-hybridized carbons (Fsp3) is 0.667. The van der Waals surface area contributed by atoms with Crippen LogP contribution in [0.4, 0.5) is 0 Å². The van der Waals surface area contributed by atoms with Crippen molar-refractivity contribution in [3.05, 3.63) is 34.9 Å². The van der Waals surface area contributed by atoms with Crippen LogP contribution in [0.3, 0.4) is 0 Å². The van der Waals surface area contributed by atoms with Gasteiger partial charge in [0.05, 0.1) is 11.0 Å². The highest BCUT2D eigenvalue weighted by Crippen LogP contribution is 2.55. The predicted molar refractivity (Wildman–Crippen MR) is 111 cm³/mol. The first-order valence-electron chi connectivity index (χ1n) is 10.9. The summed E-state index contributed by atoms with van der Waals surface area (Å²) < 4.78 is 0. The summed E-state index contributed by atoms with van der Waals surface area (Å²) in [4.78, 5) is 24.3. The molecule has 3 unspecified atom stereocenters. The van der Waals surface area contributed by atoms with E-state index < -0.39 is 17.0 Å². The van der Waals surface area contributed by atoms with E-state index in [1.807, 2.05) is 39.0 Å². The zero-order valence-corrected chi connectivity index (χ0v) is 17.7. The molecule has 0 aromatic heterocycles. The van der Waals surface area contributed by atoms with Gasteiger partial charge in [-0.05, 0) is 88.2 Å². The first-order valence-corrected chi connectivity index (χ1v) is 10.9. The molecule has 3 N–H and O–H groups in total. The van der Waals surface area contributed by atoms with Gasteiger partial charge in [0, 0.05) is 12.5 Å². The topological polar surface area (TPSA) is 86.6 Å². The molecule has 0 saturated heterocycles. The largest absolute Gasteiger partial charge is 0.481 e. The Morgan fingerprint density at radius 2 is 1.79 bits per heavy atom. The molecule has 29 heavy (non-hydrogen) atoms. The number of hydrogen-bond acceptors (Lipinski definition) is 3. The van der Waals surface area contributed by atoms with Crippen LogP contribution in [0.1, 0.15) is 69.1 Å². The van der Waals surface area contributed by atoms with Crippen LogP contribution in [0.2, 0.25) is 0 Å². The molecule has 0 radical (unpaired) electrons. The summed E-state index contributed by atoms with van der Waals surface area (Å²) in [5.41, 5.74) is 1.73. The number of benzene rings is 1. The minimum atomic E-state index is -0.811. The Hall–Kier alpha value is -1.88. The van der Waals surface area contributed by atoms with Crippen molar-refractivity contribution < 1.29 is 19.8 Å². The fourth-order valence-electron chi connectivity index (χ4n) is 6.30. The molecule has 0 spiro atoms. The van der Waals surface area contributed by atoms with Crippen LogP contribution in [-0.4, -0.2) is 33.7 Å². The highest BCUT2D eigenvalue weighted by Gasteiger charge is 2.55. The summed E-state index contributed by atoms with van der Waals surface area (Å²) in [6.07, 6.45) is 5.36. The number of carboxylic acid groups (broad SMARTS) is 1. The number of aryl methyl sites for hydroxylation is 2. The molecule has 1 amide bonds. The molecule has 1 aromatic rings. The highest BCUT2D eigenvalue weighted by molar-refractivity contribution is 5.87. The summed E-state index contributed by atoms with van der Waals surface area (Å²) in [6.45, 7) is 5.88. The Morgan fingerprint density at radius 1 is 1.14 bits per heavy atom. The third kappa shape index (κ3) is 3.94. The van der Waals surface area contributed by atoms with Gasteiger partial charge in [-0.15, -0.1) is 0 Å². The molecule has 5 atom stereocenters. The molecule has 4 saturated carbocycles. The second-order valence-electron chi connectivity index (χ2n) is 10.4. The molecule has 4 bridgehead atoms. The van der Waals surface area contributed by atoms with Crippen LogP contribution in [-0.2, 0) is 21.4 Å². The van der Waals surface area contributed by atoms with Gasteiger partial charge in [0.1, 0.15) is 0 Å². The number of nitrogens with one attached hydrogen (secondary N) is 1. The standard InChI is InChI=1S/C24H33NO4/c1-14-6-15(4-5-20(26)27)10-19(7-14)23(2,3)22(28)25-21-17-8-16-9-18(21)13-24(29,11-16)12-17/h6-7,10,16-18,21,29H,4-5,8-9,11-13H2,1-3H3,(H,25,28)(H,26,27)/t16?,17-,18+,21?,24?. The van der Waals surface area contributed by atoms with Crippen molar-refractivity contribution in [2.24, 2.45) is 17.8 Å². The van der Waals surface area contributed by atoms with Crippen LogP contribution in [0.15, 0.2) is 18.2 Å². The van der Waals surface area contributed by atoms with Gasteiger partial charge < -0.3 is 15.5 Å². The molecule has 4 aliphatic rings. The second kappa shape index (κ2) is 7.12. The van der Waals surface area contributed by atoms with Crippen LogP contribution in [0, 0.1) is 24.7 Å². The molecule has 158 valence electrons. The van der Waals surface area contributed by atoms with E-state index >= 15 is 0 Å². The normalized spacial score (nSPS) is 33.0. The Labute approximate surface area is 172 Å². The lowest BCUT2D eigenvalue weighted by Gasteiger charge is -2.58. The summed E-state index contributed by atoms with van der Waals surface area (Å²) in [6, 6.07) is 6.17. The fourth-order valence-corrected chi connectivity index (χ4v) is 6.30. The van der Waals surface area contributed by atoms with Crippen LogP contribution >= 0.6 is 0 Å². The van der Waals surface area contributed by atoms with Gasteiger partial charge in [-0.2, -0.15) is 0 Å². The molecule has 0 heterocycles. The number of amides is 1. The highest BCUT2D eigenvalue weighted by atomic mass is 16.4. The summed E-state index contributed by atoms with van der Waals surface area (Å²) in [7, 11) is 0. The van der Waals surface area contributed by atoms with E-state index in [9.17, 15) is 14.7 Å². The quantitative estimate of drug-likeness (QED) is 0.685. The Balaban J connectivity index is 1.50. The number of aliphatic carboxylic acids is 1. The lowest BCUT2D eigenvalue weighted by Crippen LogP contribution is -2.62. The van der Waals surface area contributed by atoms with Crippen molar-refractivity contribution in [3.8, 4) is 0 Å². The third-order valence-electron chi connectivity index (χ3n) is 7.59. The van der Waals surface area contributed by atoms with Crippen molar-refractivity contribution in [3.63, 3.8) is 0 Å². The number of hydrogen-bond donors (Lipinski definition) is 3. The van der Waals surface area contributed by atoms with E-state index in [4.69, 9.17) is 5.11 Å². The van der Waals surface area contributed by atoms with Gasteiger partial charge in [-0.25, -0.2) is 0 Å². The Bertz CT molecular complexity index is 814. The van der Waals surface area contributed by atoms with E-state index in [-0.39, 0.29) is 18.4 Å². The number of carboxylic acids is 1. The number of carbonyl (C=O) groups excluding carboxylic acids is 1. The monoisotopic (exact) mass is 399 g/mol. The zero-order chi connectivity index (χ0) is 21.0.